The van der Waals surface area contributed by atoms with Gasteiger partial charge in [-0.15, -0.1) is 0 Å². The molecule has 28 heavy (non-hydrogen) atoms. The molecule has 1 saturated carbocycles. The van der Waals surface area contributed by atoms with E-state index in [1.165, 1.54) is 62.9 Å². The fourth-order valence-electron chi connectivity index (χ4n) is 5.20. The molecule has 0 spiro atoms. The Morgan fingerprint density at radius 2 is 1.82 bits per heavy atom. The highest BCUT2D eigenvalue weighted by molar-refractivity contribution is 6.30. The van der Waals surface area contributed by atoms with Gasteiger partial charge in [0.2, 0.25) is 0 Å². The number of nitrogens with zero attached hydrogens (tertiary/aromatic N) is 1. The smallest absolute Gasteiger partial charge is 0.0824 e. The van der Waals surface area contributed by atoms with Gasteiger partial charge in [-0.05, 0) is 67.8 Å². The van der Waals surface area contributed by atoms with Crippen LogP contribution in [0.1, 0.15) is 55.8 Å². The second-order valence-corrected chi connectivity index (χ2v) is 9.19. The molecule has 150 valence electrons. The van der Waals surface area contributed by atoms with Crippen LogP contribution in [0.4, 0.5) is 0 Å². The third-order valence-corrected chi connectivity index (χ3v) is 7.15. The maximum absolute atomic E-state index is 6.12. The Morgan fingerprint density at radius 1 is 1.07 bits per heavy atom. The second kappa shape index (κ2) is 8.98. The van der Waals surface area contributed by atoms with Gasteiger partial charge in [0.15, 0.2) is 0 Å². The summed E-state index contributed by atoms with van der Waals surface area (Å²) in [6.07, 6.45) is 7.90. The quantitative estimate of drug-likeness (QED) is 0.547. The zero-order chi connectivity index (χ0) is 19.4. The molecule has 0 aromatic heterocycles. The van der Waals surface area contributed by atoms with Crippen molar-refractivity contribution in [3.05, 3.63) is 70.7 Å². The lowest BCUT2D eigenvalue weighted by Crippen LogP contribution is -2.48. The summed E-state index contributed by atoms with van der Waals surface area (Å²) in [7, 11) is 1.85. The van der Waals surface area contributed by atoms with Gasteiger partial charge in [0.25, 0.3) is 0 Å². The number of benzene rings is 2. The first-order valence-electron chi connectivity index (χ1n) is 10.7. The number of hydrogen-bond acceptors (Lipinski definition) is 2. The number of rotatable bonds is 7. The van der Waals surface area contributed by atoms with Gasteiger partial charge in [0.05, 0.1) is 6.10 Å². The van der Waals surface area contributed by atoms with E-state index in [0.29, 0.717) is 11.3 Å². The molecule has 1 saturated heterocycles. The summed E-state index contributed by atoms with van der Waals surface area (Å²) in [5.74, 6) is 0.709. The molecule has 3 heteroatoms. The van der Waals surface area contributed by atoms with E-state index in [-0.39, 0.29) is 6.10 Å². The fraction of sp³-hybridized carbons (Fsp3) is 0.520. The maximum Gasteiger partial charge on any atom is 0.0824 e. The van der Waals surface area contributed by atoms with Gasteiger partial charge in [-0.3, -0.25) is 0 Å². The minimum atomic E-state index is 0.208. The number of ether oxygens (including phenoxy) is 1. The van der Waals surface area contributed by atoms with Crippen LogP contribution in [0.15, 0.2) is 54.6 Å². The highest BCUT2D eigenvalue weighted by Crippen LogP contribution is 2.45. The molecule has 0 amide bonds. The van der Waals surface area contributed by atoms with Crippen molar-refractivity contribution in [2.45, 2.75) is 50.0 Å². The summed E-state index contributed by atoms with van der Waals surface area (Å²) in [6, 6.07) is 19.3. The zero-order valence-electron chi connectivity index (χ0n) is 16.9. The van der Waals surface area contributed by atoms with E-state index in [1.54, 1.807) is 0 Å². The van der Waals surface area contributed by atoms with Gasteiger partial charge >= 0.3 is 0 Å². The molecule has 0 bridgehead atoms. The van der Waals surface area contributed by atoms with Crippen LogP contribution in [0.25, 0.3) is 0 Å². The summed E-state index contributed by atoms with van der Waals surface area (Å²) in [6.45, 7) is 3.62. The molecule has 2 aromatic carbocycles. The van der Waals surface area contributed by atoms with Crippen LogP contribution in [0, 0.1) is 5.92 Å². The van der Waals surface area contributed by atoms with E-state index in [2.05, 4.69) is 59.5 Å². The SMILES string of the molecule is CO[C@@H](CC1CCCN(CC2(c3ccc(Cl)cc3)CCC2)C1)c1ccccc1. The Labute approximate surface area is 174 Å². The molecule has 1 aliphatic heterocycles. The standard InChI is InChI=1S/C25H32ClNO/c1-28-24(21-8-3-2-4-9-21)17-20-7-5-16-27(18-20)19-25(14-6-15-25)22-10-12-23(26)13-11-22/h2-4,8-13,20,24H,5-7,14-19H2,1H3/t20?,24-/m0/s1. The van der Waals surface area contributed by atoms with Gasteiger partial charge in [0, 0.05) is 30.6 Å². The molecule has 2 nitrogen and oxygen atoms in total. The van der Waals surface area contributed by atoms with Crippen molar-refractivity contribution >= 4 is 11.6 Å². The van der Waals surface area contributed by atoms with E-state index in [0.717, 1.165) is 11.4 Å². The van der Waals surface area contributed by atoms with E-state index in [9.17, 15) is 0 Å². The Kier molecular flexibility index (Phi) is 6.40. The average molecular weight is 398 g/mol. The highest BCUT2D eigenvalue weighted by atomic mass is 35.5. The Bertz CT molecular complexity index is 741. The highest BCUT2D eigenvalue weighted by Gasteiger charge is 2.40. The average Bonchev–Trinajstić information content (AvgIpc) is 2.71. The molecule has 2 fully saturated rings. The lowest BCUT2D eigenvalue weighted by Gasteiger charge is -2.47. The normalized spacial score (nSPS) is 23.1. The molecule has 0 radical (unpaired) electrons. The van der Waals surface area contributed by atoms with Crippen molar-refractivity contribution in [2.75, 3.05) is 26.7 Å². The van der Waals surface area contributed by atoms with Gasteiger partial charge in [-0.2, -0.15) is 0 Å². The molecule has 1 unspecified atom stereocenters. The first-order valence-corrected chi connectivity index (χ1v) is 11.1. The Balaban J connectivity index is 1.40. The van der Waals surface area contributed by atoms with Gasteiger partial charge in [0.1, 0.15) is 0 Å². The van der Waals surface area contributed by atoms with Crippen LogP contribution in [0.2, 0.25) is 5.02 Å². The lowest BCUT2D eigenvalue weighted by atomic mass is 9.64. The minimum absolute atomic E-state index is 0.208. The van der Waals surface area contributed by atoms with Crippen molar-refractivity contribution in [3.63, 3.8) is 0 Å². The van der Waals surface area contributed by atoms with Crippen molar-refractivity contribution < 1.29 is 4.74 Å². The van der Waals surface area contributed by atoms with Crippen molar-refractivity contribution in [1.82, 2.24) is 4.90 Å². The molecule has 4 rings (SSSR count). The molecular formula is C25H32ClNO. The van der Waals surface area contributed by atoms with Crippen molar-refractivity contribution in [2.24, 2.45) is 5.92 Å². The molecule has 2 atom stereocenters. The number of likely N-dealkylation sites (tertiary alicyclic amines) is 1. The first-order chi connectivity index (χ1) is 13.7. The zero-order valence-corrected chi connectivity index (χ0v) is 17.7. The summed E-state index contributed by atoms with van der Waals surface area (Å²) in [5.41, 5.74) is 3.12. The topological polar surface area (TPSA) is 12.5 Å². The Hall–Kier alpha value is -1.35. The summed E-state index contributed by atoms with van der Waals surface area (Å²) in [5, 5.41) is 0.836. The van der Waals surface area contributed by atoms with Crippen molar-refractivity contribution in [3.8, 4) is 0 Å². The predicted octanol–water partition coefficient (Wildman–Crippen LogP) is 6.25. The van der Waals surface area contributed by atoms with Crippen molar-refractivity contribution in [1.29, 1.82) is 0 Å². The maximum atomic E-state index is 6.12. The lowest BCUT2D eigenvalue weighted by molar-refractivity contribution is 0.0479. The summed E-state index contributed by atoms with van der Waals surface area (Å²) >= 11 is 6.12. The first kappa shape index (κ1) is 19.9. The molecule has 1 heterocycles. The largest absolute Gasteiger partial charge is 0.377 e. The molecule has 2 aliphatic rings. The number of methoxy groups -OCH3 is 1. The predicted molar refractivity (Wildman–Crippen MR) is 117 cm³/mol. The Morgan fingerprint density at radius 3 is 2.46 bits per heavy atom. The van der Waals surface area contributed by atoms with Crippen LogP contribution in [-0.2, 0) is 10.2 Å². The van der Waals surface area contributed by atoms with Gasteiger partial charge < -0.3 is 9.64 Å². The van der Waals surface area contributed by atoms with Gasteiger partial charge in [-0.25, -0.2) is 0 Å². The monoisotopic (exact) mass is 397 g/mol. The van der Waals surface area contributed by atoms with Crippen LogP contribution >= 0.6 is 11.6 Å². The van der Waals surface area contributed by atoms with E-state index < -0.39 is 0 Å². The van der Waals surface area contributed by atoms with E-state index in [4.69, 9.17) is 16.3 Å². The number of piperidine rings is 1. The van der Waals surface area contributed by atoms with Crippen LogP contribution in [-0.4, -0.2) is 31.6 Å². The molecule has 1 aliphatic carbocycles. The van der Waals surface area contributed by atoms with Gasteiger partial charge in [-0.1, -0.05) is 60.5 Å². The second-order valence-electron chi connectivity index (χ2n) is 8.75. The van der Waals surface area contributed by atoms with Crippen LogP contribution < -0.4 is 0 Å². The molecular weight excluding hydrogens is 366 g/mol. The third-order valence-electron chi connectivity index (χ3n) is 6.90. The minimum Gasteiger partial charge on any atom is -0.377 e. The number of hydrogen-bond donors (Lipinski definition) is 0. The molecule has 2 aromatic rings. The molecule has 0 N–H and O–H groups in total. The van der Waals surface area contributed by atoms with E-state index >= 15 is 0 Å². The van der Waals surface area contributed by atoms with Crippen LogP contribution in [0.5, 0.6) is 0 Å². The summed E-state index contributed by atoms with van der Waals surface area (Å²) < 4.78 is 5.86. The number of halogens is 1. The third kappa shape index (κ3) is 4.45. The summed E-state index contributed by atoms with van der Waals surface area (Å²) in [4.78, 5) is 2.72. The van der Waals surface area contributed by atoms with E-state index in [1.807, 2.05) is 7.11 Å². The van der Waals surface area contributed by atoms with Crippen LogP contribution in [0.3, 0.4) is 0 Å². The fourth-order valence-corrected chi connectivity index (χ4v) is 5.33.